The number of alkyl halides is 6. The minimum absolute atomic E-state index is 0.165. The standard InChI is InChI=1S/C15H18F6O3/c1-8(7-23-12(14(16,17)18)15(19,20)21)11(22)24-13(2)6-9-3-4-10(13)5-9/h9-10,12H,1,3-7H2,2H3. The fraction of sp³-hybridized carbons (Fsp3) is 0.800. The fourth-order valence-corrected chi connectivity index (χ4v) is 3.58. The molecule has 0 amide bonds. The summed E-state index contributed by atoms with van der Waals surface area (Å²) in [6.45, 7) is 3.72. The van der Waals surface area contributed by atoms with Gasteiger partial charge < -0.3 is 9.47 Å². The van der Waals surface area contributed by atoms with E-state index < -0.39 is 42.2 Å². The Balaban J connectivity index is 1.91. The molecule has 0 saturated heterocycles. The summed E-state index contributed by atoms with van der Waals surface area (Å²) in [5.74, 6) is -0.413. The van der Waals surface area contributed by atoms with E-state index in [0.29, 0.717) is 12.3 Å². The third kappa shape index (κ3) is 4.04. The molecule has 9 heteroatoms. The number of hydrogen-bond donors (Lipinski definition) is 0. The van der Waals surface area contributed by atoms with Crippen LogP contribution in [0.1, 0.15) is 32.6 Å². The Morgan fingerprint density at radius 2 is 1.79 bits per heavy atom. The lowest BCUT2D eigenvalue weighted by Gasteiger charge is -2.34. The van der Waals surface area contributed by atoms with Crippen LogP contribution in [0.5, 0.6) is 0 Å². The molecule has 0 radical (unpaired) electrons. The molecule has 0 aliphatic heterocycles. The molecule has 0 N–H and O–H groups in total. The van der Waals surface area contributed by atoms with Crippen LogP contribution in [0.3, 0.4) is 0 Å². The summed E-state index contributed by atoms with van der Waals surface area (Å²) in [6.07, 6.45) is -11.7. The molecule has 0 aromatic rings. The van der Waals surface area contributed by atoms with Gasteiger partial charge in [0.1, 0.15) is 5.60 Å². The topological polar surface area (TPSA) is 35.5 Å². The van der Waals surface area contributed by atoms with Crippen LogP contribution in [0.25, 0.3) is 0 Å². The predicted octanol–water partition coefficient (Wildman–Crippen LogP) is 4.17. The van der Waals surface area contributed by atoms with Gasteiger partial charge in [-0.25, -0.2) is 4.79 Å². The lowest BCUT2D eigenvalue weighted by Crippen LogP contribution is -2.45. The van der Waals surface area contributed by atoms with E-state index >= 15 is 0 Å². The molecular formula is C15H18F6O3. The van der Waals surface area contributed by atoms with E-state index in [1.165, 1.54) is 0 Å². The molecule has 0 spiro atoms. The van der Waals surface area contributed by atoms with E-state index in [-0.39, 0.29) is 5.92 Å². The zero-order valence-corrected chi connectivity index (χ0v) is 13.0. The Morgan fingerprint density at radius 3 is 2.21 bits per heavy atom. The van der Waals surface area contributed by atoms with Gasteiger partial charge in [0, 0.05) is 0 Å². The zero-order chi connectivity index (χ0) is 18.3. The number of carbonyl (C=O) groups is 1. The van der Waals surface area contributed by atoms with E-state index in [2.05, 4.69) is 11.3 Å². The Hall–Kier alpha value is -1.25. The Morgan fingerprint density at radius 1 is 1.21 bits per heavy atom. The van der Waals surface area contributed by atoms with Crippen LogP contribution in [0.4, 0.5) is 26.3 Å². The van der Waals surface area contributed by atoms with Crippen molar-refractivity contribution in [2.24, 2.45) is 11.8 Å². The Labute approximate surface area is 135 Å². The monoisotopic (exact) mass is 360 g/mol. The first-order valence-corrected chi connectivity index (χ1v) is 7.49. The highest BCUT2D eigenvalue weighted by Gasteiger charge is 2.58. The smallest absolute Gasteiger partial charge is 0.423 e. The van der Waals surface area contributed by atoms with Crippen LogP contribution in [0.15, 0.2) is 12.2 Å². The lowest BCUT2D eigenvalue weighted by molar-refractivity contribution is -0.320. The van der Waals surface area contributed by atoms with Crippen molar-refractivity contribution in [2.45, 2.75) is 56.7 Å². The first kappa shape index (κ1) is 19.1. The number of hydrogen-bond acceptors (Lipinski definition) is 3. The number of carbonyl (C=O) groups excluding carboxylic acids is 1. The van der Waals surface area contributed by atoms with Crippen LogP contribution in [0.2, 0.25) is 0 Å². The molecule has 3 unspecified atom stereocenters. The first-order chi connectivity index (χ1) is 10.8. The largest absolute Gasteiger partial charge is 0.456 e. The van der Waals surface area contributed by atoms with Crippen molar-refractivity contribution in [1.29, 1.82) is 0 Å². The van der Waals surface area contributed by atoms with Gasteiger partial charge in [0.2, 0.25) is 6.10 Å². The average Bonchev–Trinajstić information content (AvgIpc) is 2.94. The first-order valence-electron chi connectivity index (χ1n) is 7.49. The van der Waals surface area contributed by atoms with Crippen LogP contribution in [-0.4, -0.2) is 36.6 Å². The van der Waals surface area contributed by atoms with E-state index in [1.807, 2.05) is 0 Å². The summed E-state index contributed by atoms with van der Waals surface area (Å²) in [5, 5.41) is 0. The van der Waals surface area contributed by atoms with Crippen molar-refractivity contribution >= 4 is 5.97 Å². The summed E-state index contributed by atoms with van der Waals surface area (Å²) < 4.78 is 83.4. The second-order valence-electron chi connectivity index (χ2n) is 6.66. The van der Waals surface area contributed by atoms with Crippen molar-refractivity contribution in [3.8, 4) is 0 Å². The fourth-order valence-electron chi connectivity index (χ4n) is 3.58. The number of rotatable bonds is 5. The second-order valence-corrected chi connectivity index (χ2v) is 6.66. The zero-order valence-electron chi connectivity index (χ0n) is 13.0. The molecule has 3 nitrogen and oxygen atoms in total. The summed E-state index contributed by atoms with van der Waals surface area (Å²) in [6, 6.07) is 0. The van der Waals surface area contributed by atoms with Gasteiger partial charge in [-0.3, -0.25) is 0 Å². The summed E-state index contributed by atoms with van der Waals surface area (Å²) in [7, 11) is 0. The molecule has 0 aromatic heterocycles. The molecule has 2 aliphatic carbocycles. The molecule has 2 fully saturated rings. The van der Waals surface area contributed by atoms with Gasteiger partial charge in [-0.1, -0.05) is 6.58 Å². The number of fused-ring (bicyclic) bond motifs is 2. The van der Waals surface area contributed by atoms with E-state index in [1.54, 1.807) is 6.92 Å². The minimum atomic E-state index is -5.63. The maximum absolute atomic E-state index is 12.4. The Kier molecular flexibility index (Phi) is 4.96. The van der Waals surface area contributed by atoms with E-state index in [0.717, 1.165) is 19.3 Å². The highest BCUT2D eigenvalue weighted by molar-refractivity contribution is 5.88. The van der Waals surface area contributed by atoms with Crippen molar-refractivity contribution in [3.63, 3.8) is 0 Å². The minimum Gasteiger partial charge on any atom is -0.456 e. The molecular weight excluding hydrogens is 342 g/mol. The normalized spacial score (nSPS) is 30.0. The van der Waals surface area contributed by atoms with Gasteiger partial charge in [-0.05, 0) is 44.4 Å². The number of ether oxygens (including phenoxy) is 2. The lowest BCUT2D eigenvalue weighted by atomic mass is 9.85. The van der Waals surface area contributed by atoms with Crippen LogP contribution >= 0.6 is 0 Å². The molecule has 2 rings (SSSR count). The number of halogens is 6. The van der Waals surface area contributed by atoms with Gasteiger partial charge in [0.25, 0.3) is 0 Å². The molecule has 24 heavy (non-hydrogen) atoms. The van der Waals surface area contributed by atoms with Crippen molar-refractivity contribution in [3.05, 3.63) is 12.2 Å². The van der Waals surface area contributed by atoms with Crippen molar-refractivity contribution in [1.82, 2.24) is 0 Å². The molecule has 2 saturated carbocycles. The van der Waals surface area contributed by atoms with Crippen LogP contribution in [-0.2, 0) is 14.3 Å². The average molecular weight is 360 g/mol. The summed E-state index contributed by atoms with van der Waals surface area (Å²) >= 11 is 0. The third-order valence-electron chi connectivity index (χ3n) is 4.73. The summed E-state index contributed by atoms with van der Waals surface area (Å²) in [5.41, 5.74) is -1.31. The third-order valence-corrected chi connectivity index (χ3v) is 4.73. The number of esters is 1. The van der Waals surface area contributed by atoms with Gasteiger partial charge >= 0.3 is 18.3 Å². The van der Waals surface area contributed by atoms with Crippen LogP contribution < -0.4 is 0 Å². The highest BCUT2D eigenvalue weighted by atomic mass is 19.4. The molecule has 3 atom stereocenters. The van der Waals surface area contributed by atoms with Crippen LogP contribution in [0, 0.1) is 11.8 Å². The second kappa shape index (κ2) is 6.24. The maximum Gasteiger partial charge on any atom is 0.423 e. The van der Waals surface area contributed by atoms with Gasteiger partial charge in [-0.2, -0.15) is 26.3 Å². The van der Waals surface area contributed by atoms with Crippen molar-refractivity contribution in [2.75, 3.05) is 6.61 Å². The van der Waals surface area contributed by atoms with Gasteiger partial charge in [0.05, 0.1) is 12.2 Å². The van der Waals surface area contributed by atoms with E-state index in [9.17, 15) is 31.1 Å². The molecule has 0 aromatic carbocycles. The highest BCUT2D eigenvalue weighted by Crippen LogP contribution is 2.52. The molecule has 2 aliphatic rings. The predicted molar refractivity (Wildman–Crippen MR) is 70.9 cm³/mol. The quantitative estimate of drug-likeness (QED) is 0.419. The molecule has 138 valence electrons. The van der Waals surface area contributed by atoms with E-state index in [4.69, 9.17) is 4.74 Å². The summed E-state index contributed by atoms with van der Waals surface area (Å²) in [4.78, 5) is 11.9. The Bertz CT molecular complexity index is 498. The van der Waals surface area contributed by atoms with Crippen molar-refractivity contribution < 1.29 is 40.6 Å². The van der Waals surface area contributed by atoms with Gasteiger partial charge in [0.15, 0.2) is 0 Å². The SMILES string of the molecule is C=C(COC(C(F)(F)F)C(F)(F)F)C(=O)OC1(C)CC2CCC1C2. The maximum atomic E-state index is 12.4. The molecule has 2 bridgehead atoms. The molecule has 0 heterocycles. The van der Waals surface area contributed by atoms with Gasteiger partial charge in [-0.15, -0.1) is 0 Å².